The molecule has 0 atom stereocenters. The first kappa shape index (κ1) is 11.2. The van der Waals surface area contributed by atoms with E-state index in [0.717, 1.165) is 26.8 Å². The summed E-state index contributed by atoms with van der Waals surface area (Å²) in [7, 11) is 0. The van der Waals surface area contributed by atoms with E-state index in [-0.39, 0.29) is 0 Å². The highest BCUT2D eigenvalue weighted by molar-refractivity contribution is 7.15. The van der Waals surface area contributed by atoms with Crippen molar-refractivity contribution in [2.45, 2.75) is 13.5 Å². The smallest absolute Gasteiger partial charge is 0.192 e. The predicted molar refractivity (Wildman–Crippen MR) is 72.0 cm³/mol. The number of hydrogen-bond acceptors (Lipinski definition) is 6. The number of oxazole rings is 1. The standard InChI is InChI=1S/C12H12N4OS/c1-7-15-10-3-2-8(4-11(10)17-7)16-12-14-6-9(5-13)18-12/h2-4,6H,5,13H2,1H3,(H,14,16). The van der Waals surface area contributed by atoms with Crippen LogP contribution in [0, 0.1) is 6.92 Å². The molecule has 3 aromatic rings. The number of thiazole rings is 1. The van der Waals surface area contributed by atoms with E-state index in [1.165, 1.54) is 0 Å². The number of rotatable bonds is 3. The van der Waals surface area contributed by atoms with E-state index >= 15 is 0 Å². The minimum absolute atomic E-state index is 0.514. The third-order valence-corrected chi connectivity index (χ3v) is 3.44. The zero-order valence-corrected chi connectivity index (χ0v) is 10.6. The molecule has 0 bridgehead atoms. The predicted octanol–water partition coefficient (Wildman–Crippen LogP) is 2.80. The Morgan fingerprint density at radius 1 is 1.44 bits per heavy atom. The van der Waals surface area contributed by atoms with Crippen molar-refractivity contribution < 1.29 is 4.42 Å². The number of fused-ring (bicyclic) bond motifs is 1. The van der Waals surface area contributed by atoms with Crippen molar-refractivity contribution >= 4 is 33.3 Å². The normalized spacial score (nSPS) is 11.0. The van der Waals surface area contributed by atoms with Gasteiger partial charge in [0.05, 0.1) is 0 Å². The Morgan fingerprint density at radius 3 is 3.11 bits per heavy atom. The van der Waals surface area contributed by atoms with Crippen LogP contribution in [0.2, 0.25) is 0 Å². The molecule has 0 unspecified atom stereocenters. The molecule has 0 saturated heterocycles. The van der Waals surface area contributed by atoms with E-state index in [2.05, 4.69) is 15.3 Å². The van der Waals surface area contributed by atoms with Crippen LogP contribution < -0.4 is 11.1 Å². The van der Waals surface area contributed by atoms with Gasteiger partial charge in [0.25, 0.3) is 0 Å². The highest BCUT2D eigenvalue weighted by atomic mass is 32.1. The average molecular weight is 260 g/mol. The molecule has 0 saturated carbocycles. The minimum Gasteiger partial charge on any atom is -0.441 e. The van der Waals surface area contributed by atoms with E-state index in [9.17, 15) is 0 Å². The summed E-state index contributed by atoms with van der Waals surface area (Å²) in [4.78, 5) is 9.55. The highest BCUT2D eigenvalue weighted by Crippen LogP contribution is 2.25. The van der Waals surface area contributed by atoms with Crippen LogP contribution in [0.1, 0.15) is 10.8 Å². The summed E-state index contributed by atoms with van der Waals surface area (Å²) in [5.74, 6) is 0.668. The maximum Gasteiger partial charge on any atom is 0.192 e. The number of nitrogens with two attached hydrogens (primary N) is 1. The molecule has 92 valence electrons. The fraction of sp³-hybridized carbons (Fsp3) is 0.167. The van der Waals surface area contributed by atoms with Gasteiger partial charge in [0.15, 0.2) is 16.6 Å². The molecule has 0 amide bonds. The second-order valence-electron chi connectivity index (χ2n) is 3.88. The van der Waals surface area contributed by atoms with Crippen molar-refractivity contribution in [2.75, 3.05) is 5.32 Å². The van der Waals surface area contributed by atoms with Gasteiger partial charge < -0.3 is 15.5 Å². The Morgan fingerprint density at radius 2 is 2.33 bits per heavy atom. The first-order valence-electron chi connectivity index (χ1n) is 5.53. The Balaban J connectivity index is 1.89. The van der Waals surface area contributed by atoms with Gasteiger partial charge in [0.1, 0.15) is 5.52 Å². The molecule has 0 spiro atoms. The molecule has 3 N–H and O–H groups in total. The summed E-state index contributed by atoms with van der Waals surface area (Å²) in [6, 6.07) is 5.79. The molecular weight excluding hydrogens is 248 g/mol. The largest absolute Gasteiger partial charge is 0.441 e. The Kier molecular flexibility index (Phi) is 2.73. The van der Waals surface area contributed by atoms with Crippen LogP contribution in [-0.4, -0.2) is 9.97 Å². The first-order chi connectivity index (χ1) is 8.74. The van der Waals surface area contributed by atoms with Gasteiger partial charge in [-0.2, -0.15) is 0 Å². The second kappa shape index (κ2) is 4.40. The van der Waals surface area contributed by atoms with Crippen LogP contribution >= 0.6 is 11.3 Å². The summed E-state index contributed by atoms with van der Waals surface area (Å²) in [6.07, 6.45) is 1.78. The summed E-state index contributed by atoms with van der Waals surface area (Å²) < 4.78 is 5.48. The SMILES string of the molecule is Cc1nc2ccc(Nc3ncc(CN)s3)cc2o1. The number of aromatic nitrogens is 2. The molecule has 0 fully saturated rings. The van der Waals surface area contributed by atoms with Gasteiger partial charge in [0.2, 0.25) is 0 Å². The Bertz CT molecular complexity index is 688. The minimum atomic E-state index is 0.514. The van der Waals surface area contributed by atoms with Crippen LogP contribution in [0.4, 0.5) is 10.8 Å². The van der Waals surface area contributed by atoms with Crippen molar-refractivity contribution in [3.05, 3.63) is 35.2 Å². The lowest BCUT2D eigenvalue weighted by molar-refractivity contribution is 0.561. The lowest BCUT2D eigenvalue weighted by Gasteiger charge is -2.00. The number of nitrogens with zero attached hydrogens (tertiary/aromatic N) is 2. The lowest BCUT2D eigenvalue weighted by atomic mass is 10.3. The molecule has 0 aliphatic carbocycles. The van der Waals surface area contributed by atoms with Crippen LogP contribution in [0.3, 0.4) is 0 Å². The number of anilines is 2. The zero-order valence-electron chi connectivity index (χ0n) is 9.80. The molecule has 1 aromatic carbocycles. The van der Waals surface area contributed by atoms with Crippen molar-refractivity contribution in [1.29, 1.82) is 0 Å². The summed E-state index contributed by atoms with van der Waals surface area (Å²) in [5.41, 5.74) is 8.11. The van der Waals surface area contributed by atoms with E-state index in [0.29, 0.717) is 12.4 Å². The third kappa shape index (κ3) is 2.07. The van der Waals surface area contributed by atoms with Crippen LogP contribution in [-0.2, 0) is 6.54 Å². The monoisotopic (exact) mass is 260 g/mol. The van der Waals surface area contributed by atoms with Crippen molar-refractivity contribution in [1.82, 2.24) is 9.97 Å². The molecule has 2 aromatic heterocycles. The Labute approximate surface area is 108 Å². The van der Waals surface area contributed by atoms with Gasteiger partial charge in [-0.3, -0.25) is 0 Å². The van der Waals surface area contributed by atoms with Crippen molar-refractivity contribution in [3.63, 3.8) is 0 Å². The van der Waals surface area contributed by atoms with Crippen LogP contribution in [0.25, 0.3) is 11.1 Å². The third-order valence-electron chi connectivity index (χ3n) is 2.50. The maximum absolute atomic E-state index is 5.55. The maximum atomic E-state index is 5.55. The molecule has 0 radical (unpaired) electrons. The topological polar surface area (TPSA) is 77.0 Å². The van der Waals surface area contributed by atoms with Crippen molar-refractivity contribution in [3.8, 4) is 0 Å². The number of hydrogen-bond donors (Lipinski definition) is 2. The molecule has 2 heterocycles. The summed E-state index contributed by atoms with van der Waals surface area (Å²) in [5, 5.41) is 4.05. The van der Waals surface area contributed by atoms with Gasteiger partial charge in [-0.1, -0.05) is 0 Å². The summed E-state index contributed by atoms with van der Waals surface area (Å²) in [6.45, 7) is 2.35. The van der Waals surface area contributed by atoms with Crippen molar-refractivity contribution in [2.24, 2.45) is 5.73 Å². The van der Waals surface area contributed by atoms with E-state index in [1.54, 1.807) is 17.5 Å². The van der Waals surface area contributed by atoms with Gasteiger partial charge in [-0.25, -0.2) is 9.97 Å². The molecule has 0 aliphatic rings. The highest BCUT2D eigenvalue weighted by Gasteiger charge is 2.05. The number of nitrogens with one attached hydrogen (secondary N) is 1. The number of aryl methyl sites for hydroxylation is 1. The average Bonchev–Trinajstić information content (AvgIpc) is 2.94. The van der Waals surface area contributed by atoms with Gasteiger partial charge in [-0.05, 0) is 12.1 Å². The van der Waals surface area contributed by atoms with Gasteiger partial charge >= 0.3 is 0 Å². The van der Waals surface area contributed by atoms with Gasteiger partial charge in [-0.15, -0.1) is 11.3 Å². The quantitative estimate of drug-likeness (QED) is 0.757. The fourth-order valence-electron chi connectivity index (χ4n) is 1.70. The van der Waals surface area contributed by atoms with E-state index in [1.807, 2.05) is 25.1 Å². The Hall–Kier alpha value is -1.92. The molecule has 18 heavy (non-hydrogen) atoms. The molecular formula is C12H12N4OS. The van der Waals surface area contributed by atoms with E-state index < -0.39 is 0 Å². The lowest BCUT2D eigenvalue weighted by Crippen LogP contribution is -1.91. The van der Waals surface area contributed by atoms with E-state index in [4.69, 9.17) is 10.2 Å². The molecule has 5 nitrogen and oxygen atoms in total. The summed E-state index contributed by atoms with van der Waals surface area (Å²) >= 11 is 1.54. The van der Waals surface area contributed by atoms with Crippen LogP contribution in [0.5, 0.6) is 0 Å². The molecule has 6 heteroatoms. The zero-order chi connectivity index (χ0) is 12.5. The molecule has 3 rings (SSSR count). The van der Waals surface area contributed by atoms with Gasteiger partial charge in [0, 0.05) is 36.3 Å². The number of benzene rings is 1. The second-order valence-corrected chi connectivity index (χ2v) is 4.99. The van der Waals surface area contributed by atoms with Crippen LogP contribution in [0.15, 0.2) is 28.8 Å². The first-order valence-corrected chi connectivity index (χ1v) is 6.35. The fourth-order valence-corrected chi connectivity index (χ4v) is 2.41. The molecule has 0 aliphatic heterocycles.